The van der Waals surface area contributed by atoms with Gasteiger partial charge in [0.05, 0.1) is 11.9 Å². The molecule has 0 radical (unpaired) electrons. The number of sulfonamides is 1. The van der Waals surface area contributed by atoms with Crippen LogP contribution < -0.4 is 9.62 Å². The molecule has 7 nitrogen and oxygen atoms in total. The van der Waals surface area contributed by atoms with E-state index in [2.05, 4.69) is 5.32 Å². The Hall–Kier alpha value is -2.87. The van der Waals surface area contributed by atoms with Gasteiger partial charge in [-0.25, -0.2) is 8.42 Å². The van der Waals surface area contributed by atoms with Crippen molar-refractivity contribution in [3.05, 3.63) is 64.7 Å². The number of nitrogens with zero attached hydrogens (tertiary/aromatic N) is 2. The third-order valence-electron chi connectivity index (χ3n) is 6.38. The molecule has 0 aliphatic rings. The molecular weight excluding hydrogens is 462 g/mol. The van der Waals surface area contributed by atoms with E-state index in [0.29, 0.717) is 12.1 Å². The summed E-state index contributed by atoms with van der Waals surface area (Å²) in [6, 6.07) is 12.4. The van der Waals surface area contributed by atoms with Gasteiger partial charge < -0.3 is 10.2 Å². The lowest BCUT2D eigenvalue weighted by Gasteiger charge is -2.33. The molecule has 8 heteroatoms. The van der Waals surface area contributed by atoms with E-state index in [0.717, 1.165) is 39.2 Å². The van der Waals surface area contributed by atoms with Crippen LogP contribution in [-0.2, 0) is 26.2 Å². The van der Waals surface area contributed by atoms with Crippen molar-refractivity contribution in [1.82, 2.24) is 10.2 Å². The van der Waals surface area contributed by atoms with E-state index >= 15 is 0 Å². The van der Waals surface area contributed by atoms with E-state index in [9.17, 15) is 18.0 Å². The Morgan fingerprint density at radius 1 is 0.971 bits per heavy atom. The maximum absolute atomic E-state index is 13.7. The van der Waals surface area contributed by atoms with Gasteiger partial charge in [0.15, 0.2) is 0 Å². The Balaban J connectivity index is 2.47. The largest absolute Gasteiger partial charge is 0.352 e. The number of carbonyl (C=O) groups excluding carboxylic acids is 2. The number of nitrogens with one attached hydrogen (secondary N) is 1. The second kappa shape index (κ2) is 12.2. The normalized spacial score (nSPS) is 13.1. The topological polar surface area (TPSA) is 86.8 Å². The number of hydrogen-bond acceptors (Lipinski definition) is 4. The molecule has 0 spiro atoms. The second-order valence-electron chi connectivity index (χ2n) is 9.24. The highest BCUT2D eigenvalue weighted by molar-refractivity contribution is 7.92. The van der Waals surface area contributed by atoms with Crippen molar-refractivity contribution in [1.29, 1.82) is 0 Å². The molecule has 0 unspecified atom stereocenters. The molecule has 2 aromatic carbocycles. The van der Waals surface area contributed by atoms with Crippen LogP contribution in [-0.4, -0.2) is 50.0 Å². The van der Waals surface area contributed by atoms with Crippen molar-refractivity contribution in [3.63, 3.8) is 0 Å². The summed E-state index contributed by atoms with van der Waals surface area (Å²) in [5, 5.41) is 2.98. The lowest BCUT2D eigenvalue weighted by molar-refractivity contribution is -0.140. The molecule has 2 rings (SSSR count). The standard InChI is InChI=1S/C27H39N3O4S/c1-8-21(5)28-27(32)24(9-2)29(17-23-15-13-19(3)14-16-23)26(31)18-30(35(7,33)34)25-12-10-11-20(4)22(25)6/h10-16,21,24H,8-9,17-18H2,1-7H3,(H,28,32)/t21-,24-/m0/s1. The number of carbonyl (C=O) groups is 2. The van der Waals surface area contributed by atoms with Crippen LogP contribution in [0.3, 0.4) is 0 Å². The zero-order valence-corrected chi connectivity index (χ0v) is 22.8. The zero-order chi connectivity index (χ0) is 26.3. The summed E-state index contributed by atoms with van der Waals surface area (Å²) in [6.45, 7) is 11.3. The molecule has 0 aliphatic heterocycles. The summed E-state index contributed by atoms with van der Waals surface area (Å²) in [7, 11) is -3.75. The van der Waals surface area contributed by atoms with Crippen LogP contribution in [0.4, 0.5) is 5.69 Å². The molecule has 2 atom stereocenters. The van der Waals surface area contributed by atoms with Gasteiger partial charge in [0.1, 0.15) is 12.6 Å². The molecule has 0 fully saturated rings. The maximum Gasteiger partial charge on any atom is 0.244 e. The molecule has 35 heavy (non-hydrogen) atoms. The van der Waals surface area contributed by atoms with Crippen LogP contribution in [0.25, 0.3) is 0 Å². The number of hydrogen-bond donors (Lipinski definition) is 1. The minimum absolute atomic E-state index is 0.0321. The van der Waals surface area contributed by atoms with E-state index < -0.39 is 22.0 Å². The molecule has 0 saturated carbocycles. The van der Waals surface area contributed by atoms with Crippen LogP contribution in [0, 0.1) is 20.8 Å². The van der Waals surface area contributed by atoms with Crippen LogP contribution >= 0.6 is 0 Å². The van der Waals surface area contributed by atoms with Crippen LogP contribution in [0.5, 0.6) is 0 Å². The molecule has 0 bridgehead atoms. The number of anilines is 1. The lowest BCUT2D eigenvalue weighted by atomic mass is 10.1. The summed E-state index contributed by atoms with van der Waals surface area (Å²) in [4.78, 5) is 28.4. The average Bonchev–Trinajstić information content (AvgIpc) is 2.79. The second-order valence-corrected chi connectivity index (χ2v) is 11.1. The molecule has 0 aliphatic carbocycles. The maximum atomic E-state index is 13.7. The van der Waals surface area contributed by atoms with Gasteiger partial charge in [0, 0.05) is 12.6 Å². The summed E-state index contributed by atoms with van der Waals surface area (Å²) < 4.78 is 26.7. The fourth-order valence-electron chi connectivity index (χ4n) is 3.85. The fourth-order valence-corrected chi connectivity index (χ4v) is 4.75. The minimum atomic E-state index is -3.75. The first-order valence-electron chi connectivity index (χ1n) is 12.1. The predicted molar refractivity (Wildman–Crippen MR) is 142 cm³/mol. The zero-order valence-electron chi connectivity index (χ0n) is 22.0. The van der Waals surface area contributed by atoms with Crippen molar-refractivity contribution in [2.75, 3.05) is 17.1 Å². The Bertz CT molecular complexity index is 1130. The molecule has 1 N–H and O–H groups in total. The lowest BCUT2D eigenvalue weighted by Crippen LogP contribution is -2.53. The highest BCUT2D eigenvalue weighted by atomic mass is 32.2. The Morgan fingerprint density at radius 3 is 2.14 bits per heavy atom. The van der Waals surface area contributed by atoms with E-state index in [1.165, 1.54) is 4.90 Å². The summed E-state index contributed by atoms with van der Waals surface area (Å²) in [5.41, 5.74) is 4.15. The minimum Gasteiger partial charge on any atom is -0.352 e. The number of aryl methyl sites for hydroxylation is 2. The SMILES string of the molecule is CC[C@H](C)NC(=O)[C@H](CC)N(Cc1ccc(C)cc1)C(=O)CN(c1cccc(C)c1C)S(C)(=O)=O. The van der Waals surface area contributed by atoms with E-state index in [1.54, 1.807) is 12.1 Å². The predicted octanol–water partition coefficient (Wildman–Crippen LogP) is 4.10. The van der Waals surface area contributed by atoms with Crippen LogP contribution in [0.2, 0.25) is 0 Å². The van der Waals surface area contributed by atoms with Gasteiger partial charge in [0.25, 0.3) is 0 Å². The van der Waals surface area contributed by atoms with Gasteiger partial charge in [0.2, 0.25) is 21.8 Å². The van der Waals surface area contributed by atoms with Gasteiger partial charge in [-0.15, -0.1) is 0 Å². The molecule has 0 heterocycles. The summed E-state index contributed by atoms with van der Waals surface area (Å²) in [6.07, 6.45) is 2.27. The fraction of sp³-hybridized carbons (Fsp3) is 0.481. The Morgan fingerprint density at radius 2 is 1.60 bits per heavy atom. The van der Waals surface area contributed by atoms with Gasteiger partial charge in [-0.1, -0.05) is 55.8 Å². The highest BCUT2D eigenvalue weighted by Crippen LogP contribution is 2.25. The first-order valence-corrected chi connectivity index (χ1v) is 13.9. The summed E-state index contributed by atoms with van der Waals surface area (Å²) >= 11 is 0. The third-order valence-corrected chi connectivity index (χ3v) is 7.51. The first kappa shape index (κ1) is 28.4. The van der Waals surface area contributed by atoms with E-state index in [4.69, 9.17) is 0 Å². The van der Waals surface area contributed by atoms with Gasteiger partial charge >= 0.3 is 0 Å². The first-order chi connectivity index (χ1) is 16.4. The smallest absolute Gasteiger partial charge is 0.244 e. The molecule has 2 amide bonds. The molecule has 2 aromatic rings. The number of amides is 2. The van der Waals surface area contributed by atoms with Crippen molar-refractivity contribution < 1.29 is 18.0 Å². The van der Waals surface area contributed by atoms with Crippen molar-refractivity contribution in [3.8, 4) is 0 Å². The molecular formula is C27H39N3O4S. The van der Waals surface area contributed by atoms with Gasteiger partial charge in [-0.05, 0) is 63.3 Å². The van der Waals surface area contributed by atoms with E-state index in [-0.39, 0.29) is 25.0 Å². The van der Waals surface area contributed by atoms with Crippen LogP contribution in [0.15, 0.2) is 42.5 Å². The van der Waals surface area contributed by atoms with Crippen molar-refractivity contribution in [2.24, 2.45) is 0 Å². The highest BCUT2D eigenvalue weighted by Gasteiger charge is 2.32. The molecule has 0 aromatic heterocycles. The van der Waals surface area contributed by atoms with E-state index in [1.807, 2.05) is 71.9 Å². The number of benzene rings is 2. The average molecular weight is 502 g/mol. The third kappa shape index (κ3) is 7.56. The molecule has 0 saturated heterocycles. The summed E-state index contributed by atoms with van der Waals surface area (Å²) in [5.74, 6) is -0.664. The van der Waals surface area contributed by atoms with Gasteiger partial charge in [-0.2, -0.15) is 0 Å². The van der Waals surface area contributed by atoms with Crippen molar-refractivity contribution >= 4 is 27.5 Å². The number of rotatable bonds is 11. The quantitative estimate of drug-likeness (QED) is 0.502. The monoisotopic (exact) mass is 501 g/mol. The molecule has 192 valence electrons. The van der Waals surface area contributed by atoms with Gasteiger partial charge in [-0.3, -0.25) is 13.9 Å². The van der Waals surface area contributed by atoms with Crippen LogP contribution in [0.1, 0.15) is 55.9 Å². The Kier molecular flexibility index (Phi) is 9.89. The Labute approximate surface area is 210 Å². The van der Waals surface area contributed by atoms with Crippen molar-refractivity contribution in [2.45, 2.75) is 73.0 Å².